The molecule has 1 saturated heterocycles. The molecule has 6 heteroatoms. The number of nitrogens with zero attached hydrogens (tertiary/aromatic N) is 4. The minimum absolute atomic E-state index is 0.183. The van der Waals surface area contributed by atoms with Gasteiger partial charge in [0.1, 0.15) is 0 Å². The summed E-state index contributed by atoms with van der Waals surface area (Å²) in [6.45, 7) is 5.42. The number of carbonyl (C=O) groups is 1. The topological polar surface area (TPSA) is 53.4 Å². The SMILES string of the molecule is C[C@H]1Cn2ncc(N3CC(NCc4ccccc4)CC3=O)c2CN1C. The van der Waals surface area contributed by atoms with Gasteiger partial charge in [-0.05, 0) is 19.5 Å². The third-order valence-electron chi connectivity index (χ3n) is 5.37. The summed E-state index contributed by atoms with van der Waals surface area (Å²) in [6, 6.07) is 11.0. The minimum Gasteiger partial charge on any atom is -0.308 e. The monoisotopic (exact) mass is 339 g/mol. The summed E-state index contributed by atoms with van der Waals surface area (Å²) in [5.74, 6) is 0.183. The Balaban J connectivity index is 1.45. The Morgan fingerprint density at radius 2 is 2.04 bits per heavy atom. The van der Waals surface area contributed by atoms with E-state index in [1.807, 2.05) is 29.3 Å². The van der Waals surface area contributed by atoms with Gasteiger partial charge >= 0.3 is 0 Å². The maximum Gasteiger partial charge on any atom is 0.228 e. The van der Waals surface area contributed by atoms with E-state index >= 15 is 0 Å². The van der Waals surface area contributed by atoms with Crippen LogP contribution in [0.15, 0.2) is 36.5 Å². The van der Waals surface area contributed by atoms with Crippen LogP contribution in [-0.2, 0) is 24.4 Å². The normalized spacial score (nSPS) is 23.9. The number of likely N-dealkylation sites (N-methyl/N-ethyl adjacent to an activating group) is 1. The summed E-state index contributed by atoms with van der Waals surface area (Å²) < 4.78 is 2.05. The molecule has 1 fully saturated rings. The van der Waals surface area contributed by atoms with Gasteiger partial charge in [0.25, 0.3) is 0 Å². The lowest BCUT2D eigenvalue weighted by Gasteiger charge is -2.31. The molecule has 1 amide bonds. The molecule has 2 aliphatic rings. The summed E-state index contributed by atoms with van der Waals surface area (Å²) in [5, 5.41) is 8.03. The highest BCUT2D eigenvalue weighted by atomic mass is 16.2. The van der Waals surface area contributed by atoms with Gasteiger partial charge in [-0.2, -0.15) is 5.10 Å². The molecule has 132 valence electrons. The molecule has 1 aromatic heterocycles. The number of nitrogens with one attached hydrogen (secondary N) is 1. The standard InChI is InChI=1S/C19H25N5O/c1-14-11-24-18(13-22(14)2)17(10-21-24)23-12-16(8-19(23)25)20-9-15-6-4-3-5-7-15/h3-7,10,14,16,20H,8-9,11-13H2,1-2H3/t14-,16?/m0/s1. The van der Waals surface area contributed by atoms with Crippen LogP contribution in [0.3, 0.4) is 0 Å². The number of amides is 1. The van der Waals surface area contributed by atoms with E-state index in [-0.39, 0.29) is 11.9 Å². The second-order valence-corrected chi connectivity index (χ2v) is 7.19. The average molecular weight is 339 g/mol. The average Bonchev–Trinajstić information content (AvgIpc) is 3.17. The first kappa shape index (κ1) is 16.3. The first-order valence-electron chi connectivity index (χ1n) is 8.94. The summed E-state index contributed by atoms with van der Waals surface area (Å²) in [7, 11) is 2.13. The lowest BCUT2D eigenvalue weighted by atomic mass is 10.2. The number of fused-ring (bicyclic) bond motifs is 1. The summed E-state index contributed by atoms with van der Waals surface area (Å²) >= 11 is 0. The maximum absolute atomic E-state index is 12.6. The number of anilines is 1. The Labute approximate surface area is 148 Å². The Morgan fingerprint density at radius 3 is 2.84 bits per heavy atom. The maximum atomic E-state index is 12.6. The smallest absolute Gasteiger partial charge is 0.228 e. The number of carbonyl (C=O) groups excluding carboxylic acids is 1. The molecule has 1 N–H and O–H groups in total. The number of rotatable bonds is 4. The molecule has 2 aromatic rings. The second kappa shape index (κ2) is 6.61. The van der Waals surface area contributed by atoms with Gasteiger partial charge in [-0.25, -0.2) is 0 Å². The van der Waals surface area contributed by atoms with Crippen LogP contribution in [0.25, 0.3) is 0 Å². The van der Waals surface area contributed by atoms with Gasteiger partial charge in [0.05, 0.1) is 24.1 Å². The van der Waals surface area contributed by atoms with Gasteiger partial charge < -0.3 is 10.2 Å². The van der Waals surface area contributed by atoms with Crippen molar-refractivity contribution in [3.63, 3.8) is 0 Å². The van der Waals surface area contributed by atoms with Gasteiger partial charge in [0, 0.05) is 38.1 Å². The van der Waals surface area contributed by atoms with E-state index in [1.54, 1.807) is 0 Å². The van der Waals surface area contributed by atoms with E-state index in [9.17, 15) is 4.79 Å². The van der Waals surface area contributed by atoms with E-state index in [0.29, 0.717) is 19.0 Å². The zero-order valence-corrected chi connectivity index (χ0v) is 14.9. The molecule has 0 bridgehead atoms. The fraction of sp³-hybridized carbons (Fsp3) is 0.474. The van der Waals surface area contributed by atoms with Crippen molar-refractivity contribution in [2.75, 3.05) is 18.5 Å². The summed E-state index contributed by atoms with van der Waals surface area (Å²) in [4.78, 5) is 16.8. The molecular formula is C19H25N5O. The molecule has 2 aliphatic heterocycles. The summed E-state index contributed by atoms with van der Waals surface area (Å²) in [6.07, 6.45) is 2.41. The van der Waals surface area contributed by atoms with E-state index < -0.39 is 0 Å². The molecule has 0 aliphatic carbocycles. The van der Waals surface area contributed by atoms with Crippen LogP contribution >= 0.6 is 0 Å². The number of aromatic nitrogens is 2. The molecule has 4 rings (SSSR count). The number of hydrogen-bond donors (Lipinski definition) is 1. The minimum atomic E-state index is 0.183. The highest BCUT2D eigenvalue weighted by molar-refractivity contribution is 5.96. The van der Waals surface area contributed by atoms with E-state index in [1.165, 1.54) is 5.56 Å². The molecule has 2 atom stereocenters. The van der Waals surface area contributed by atoms with Crippen molar-refractivity contribution in [2.45, 2.75) is 45.1 Å². The van der Waals surface area contributed by atoms with Crippen LogP contribution in [0, 0.1) is 0 Å². The van der Waals surface area contributed by atoms with E-state index in [2.05, 4.69) is 46.1 Å². The number of benzene rings is 1. The first-order chi connectivity index (χ1) is 12.1. The lowest BCUT2D eigenvalue weighted by molar-refractivity contribution is -0.117. The number of hydrogen-bond acceptors (Lipinski definition) is 4. The van der Waals surface area contributed by atoms with Crippen molar-refractivity contribution in [3.8, 4) is 0 Å². The van der Waals surface area contributed by atoms with Crippen molar-refractivity contribution >= 4 is 11.6 Å². The summed E-state index contributed by atoms with van der Waals surface area (Å²) in [5.41, 5.74) is 3.37. The van der Waals surface area contributed by atoms with Crippen molar-refractivity contribution in [1.29, 1.82) is 0 Å². The molecular weight excluding hydrogens is 314 g/mol. The largest absolute Gasteiger partial charge is 0.308 e. The predicted octanol–water partition coefficient (Wildman–Crippen LogP) is 1.61. The Kier molecular flexibility index (Phi) is 4.31. The third kappa shape index (κ3) is 3.19. The van der Waals surface area contributed by atoms with Crippen LogP contribution in [0.4, 0.5) is 5.69 Å². The van der Waals surface area contributed by atoms with Crippen molar-refractivity contribution < 1.29 is 4.79 Å². The van der Waals surface area contributed by atoms with Gasteiger partial charge in [0.2, 0.25) is 5.91 Å². The molecule has 0 spiro atoms. The van der Waals surface area contributed by atoms with Gasteiger partial charge in [-0.1, -0.05) is 30.3 Å². The van der Waals surface area contributed by atoms with Crippen molar-refractivity contribution in [2.24, 2.45) is 0 Å². The van der Waals surface area contributed by atoms with Crippen molar-refractivity contribution in [1.82, 2.24) is 20.0 Å². The first-order valence-corrected chi connectivity index (χ1v) is 8.94. The van der Waals surface area contributed by atoms with Gasteiger partial charge in [0.15, 0.2) is 0 Å². The molecule has 6 nitrogen and oxygen atoms in total. The van der Waals surface area contributed by atoms with Gasteiger partial charge in [-0.15, -0.1) is 0 Å². The van der Waals surface area contributed by atoms with Crippen LogP contribution < -0.4 is 10.2 Å². The zero-order chi connectivity index (χ0) is 17.4. The van der Waals surface area contributed by atoms with Gasteiger partial charge in [-0.3, -0.25) is 14.4 Å². The van der Waals surface area contributed by atoms with E-state index in [4.69, 9.17) is 0 Å². The molecule has 1 aromatic carbocycles. The Bertz CT molecular complexity index is 756. The van der Waals surface area contributed by atoms with Crippen LogP contribution in [0.1, 0.15) is 24.6 Å². The third-order valence-corrected chi connectivity index (χ3v) is 5.37. The molecule has 0 saturated carbocycles. The van der Waals surface area contributed by atoms with Crippen LogP contribution in [-0.4, -0.2) is 46.3 Å². The molecule has 1 unspecified atom stereocenters. The fourth-order valence-electron chi connectivity index (χ4n) is 3.66. The highest BCUT2D eigenvalue weighted by Gasteiger charge is 2.34. The van der Waals surface area contributed by atoms with Crippen molar-refractivity contribution in [3.05, 3.63) is 47.8 Å². The predicted molar refractivity (Wildman–Crippen MR) is 97.2 cm³/mol. The molecule has 3 heterocycles. The van der Waals surface area contributed by atoms with Crippen LogP contribution in [0.2, 0.25) is 0 Å². The lowest BCUT2D eigenvalue weighted by Crippen LogP contribution is -2.39. The zero-order valence-electron chi connectivity index (χ0n) is 14.9. The Morgan fingerprint density at radius 1 is 1.24 bits per heavy atom. The quantitative estimate of drug-likeness (QED) is 0.920. The Hall–Kier alpha value is -2.18. The van der Waals surface area contributed by atoms with Crippen LogP contribution in [0.5, 0.6) is 0 Å². The van der Waals surface area contributed by atoms with E-state index in [0.717, 1.165) is 31.0 Å². The fourth-order valence-corrected chi connectivity index (χ4v) is 3.66. The highest BCUT2D eigenvalue weighted by Crippen LogP contribution is 2.29. The molecule has 0 radical (unpaired) electrons. The second-order valence-electron chi connectivity index (χ2n) is 7.19. The molecule has 25 heavy (non-hydrogen) atoms.